The van der Waals surface area contributed by atoms with E-state index in [1.807, 2.05) is 22.6 Å². The molecule has 1 aromatic rings. The van der Waals surface area contributed by atoms with Crippen molar-refractivity contribution >= 4 is 35.2 Å². The van der Waals surface area contributed by atoms with Gasteiger partial charge in [-0.15, -0.1) is 0 Å². The molecule has 1 heterocycles. The first-order chi connectivity index (χ1) is 5.65. The van der Waals surface area contributed by atoms with Crippen LogP contribution >= 0.6 is 22.6 Å². The second kappa shape index (κ2) is 3.84. The van der Waals surface area contributed by atoms with Gasteiger partial charge in [0.1, 0.15) is 15.5 Å². The smallest absolute Gasteiger partial charge is 0.423 e. The summed E-state index contributed by atoms with van der Waals surface area (Å²) in [6.45, 7) is 0. The molecule has 1 rings (SSSR count). The maximum absolute atomic E-state index is 8.79. The van der Waals surface area contributed by atoms with Crippen LogP contribution in [0.3, 0.4) is 0 Å². The monoisotopic (exact) mass is 274 g/mol. The Bertz CT molecular complexity index is 337. The van der Waals surface area contributed by atoms with E-state index in [1.165, 1.54) is 6.07 Å². The van der Waals surface area contributed by atoms with E-state index >= 15 is 0 Å². The van der Waals surface area contributed by atoms with E-state index < -0.39 is 7.12 Å². The van der Waals surface area contributed by atoms with Gasteiger partial charge in [-0.2, -0.15) is 5.26 Å². The molecule has 0 radical (unpaired) electrons. The highest BCUT2D eigenvalue weighted by Crippen LogP contribution is 1.99. The molecule has 0 atom stereocenters. The van der Waals surface area contributed by atoms with Crippen molar-refractivity contribution < 1.29 is 10.0 Å². The second-order valence-electron chi connectivity index (χ2n) is 2.06. The van der Waals surface area contributed by atoms with Gasteiger partial charge in [-0.3, -0.25) is 0 Å². The Morgan fingerprint density at radius 3 is 2.67 bits per heavy atom. The lowest BCUT2D eigenvalue weighted by molar-refractivity contribution is 0.425. The number of halogens is 1. The first-order valence-corrected chi connectivity index (χ1v) is 4.15. The SMILES string of the molecule is N#Cc1nc(I)ccc1B(O)O. The van der Waals surface area contributed by atoms with Gasteiger partial charge in [0.25, 0.3) is 0 Å². The van der Waals surface area contributed by atoms with Crippen LogP contribution in [0.1, 0.15) is 5.69 Å². The average Bonchev–Trinajstić information content (AvgIpc) is 2.03. The predicted molar refractivity (Wildman–Crippen MR) is 51.5 cm³/mol. The molecule has 6 heteroatoms. The fourth-order valence-corrected chi connectivity index (χ4v) is 1.17. The summed E-state index contributed by atoms with van der Waals surface area (Å²) in [4.78, 5) is 3.82. The Labute approximate surface area is 83.2 Å². The zero-order valence-electron chi connectivity index (χ0n) is 5.90. The molecule has 0 bridgehead atoms. The van der Waals surface area contributed by atoms with Crippen molar-refractivity contribution in [3.05, 3.63) is 21.5 Å². The van der Waals surface area contributed by atoms with E-state index in [4.69, 9.17) is 15.3 Å². The third-order valence-electron chi connectivity index (χ3n) is 1.28. The number of rotatable bonds is 1. The molecule has 1 aromatic heterocycles. The fourth-order valence-electron chi connectivity index (χ4n) is 0.744. The number of hydrogen-bond donors (Lipinski definition) is 2. The molecule has 0 saturated heterocycles. The standard InChI is InChI=1S/C6H4BIN2O2/c8-6-2-1-4(7(11)12)5(3-9)10-6/h1-2,11-12H. The second-order valence-corrected chi connectivity index (χ2v) is 3.16. The molecule has 0 aliphatic rings. The highest BCUT2D eigenvalue weighted by atomic mass is 127. The van der Waals surface area contributed by atoms with Crippen LogP contribution in [0.4, 0.5) is 0 Å². The van der Waals surface area contributed by atoms with Crippen molar-refractivity contribution in [1.29, 1.82) is 5.26 Å². The van der Waals surface area contributed by atoms with E-state index in [9.17, 15) is 0 Å². The fraction of sp³-hybridized carbons (Fsp3) is 0. The molecule has 0 spiro atoms. The number of hydrogen-bond acceptors (Lipinski definition) is 4. The van der Waals surface area contributed by atoms with Gasteiger partial charge in [-0.05, 0) is 28.7 Å². The predicted octanol–water partition coefficient (Wildman–Crippen LogP) is -0.762. The Balaban J connectivity index is 3.23. The van der Waals surface area contributed by atoms with E-state index in [-0.39, 0.29) is 11.2 Å². The van der Waals surface area contributed by atoms with Crippen molar-refractivity contribution in [2.24, 2.45) is 0 Å². The van der Waals surface area contributed by atoms with E-state index in [0.717, 1.165) is 0 Å². The molecule has 2 N–H and O–H groups in total. The molecule has 60 valence electrons. The highest BCUT2D eigenvalue weighted by Gasteiger charge is 2.16. The molecule has 0 amide bonds. The Morgan fingerprint density at radius 2 is 2.17 bits per heavy atom. The Hall–Kier alpha value is -0.645. The lowest BCUT2D eigenvalue weighted by atomic mass is 9.79. The minimum absolute atomic E-state index is 0.0527. The van der Waals surface area contributed by atoms with Gasteiger partial charge in [0, 0.05) is 5.46 Å². The first-order valence-electron chi connectivity index (χ1n) is 3.08. The van der Waals surface area contributed by atoms with Crippen LogP contribution in [0.5, 0.6) is 0 Å². The molecular weight excluding hydrogens is 270 g/mol. The summed E-state index contributed by atoms with van der Waals surface area (Å²) < 4.78 is 0.647. The van der Waals surface area contributed by atoms with Gasteiger partial charge in [0.2, 0.25) is 0 Å². The molecule has 0 aromatic carbocycles. The van der Waals surface area contributed by atoms with E-state index in [0.29, 0.717) is 3.70 Å². The maximum atomic E-state index is 8.79. The zero-order valence-corrected chi connectivity index (χ0v) is 8.06. The van der Waals surface area contributed by atoms with Gasteiger partial charge in [-0.1, -0.05) is 6.07 Å². The quantitative estimate of drug-likeness (QED) is 0.401. The summed E-state index contributed by atoms with van der Waals surface area (Å²) in [6.07, 6.45) is 0. The molecule has 0 aliphatic carbocycles. The van der Waals surface area contributed by atoms with Crippen LogP contribution < -0.4 is 5.46 Å². The van der Waals surface area contributed by atoms with Crippen molar-refractivity contribution in [3.8, 4) is 6.07 Å². The molecule has 0 saturated carbocycles. The van der Waals surface area contributed by atoms with Crippen LogP contribution in [-0.4, -0.2) is 22.2 Å². The summed E-state index contributed by atoms with van der Waals surface area (Å²) in [7, 11) is -1.64. The van der Waals surface area contributed by atoms with Gasteiger partial charge in [0.05, 0.1) is 0 Å². The minimum Gasteiger partial charge on any atom is -0.423 e. The van der Waals surface area contributed by atoms with Crippen molar-refractivity contribution in [3.63, 3.8) is 0 Å². The largest absolute Gasteiger partial charge is 0.491 e. The molecule has 0 fully saturated rings. The summed E-state index contributed by atoms with van der Waals surface area (Å²) in [6, 6.07) is 4.86. The third kappa shape index (κ3) is 1.94. The minimum atomic E-state index is -1.64. The van der Waals surface area contributed by atoms with Crippen LogP contribution in [0.25, 0.3) is 0 Å². The molecule has 0 unspecified atom stereocenters. The molecular formula is C6H4BIN2O2. The number of pyridine rings is 1. The van der Waals surface area contributed by atoms with Crippen molar-refractivity contribution in [1.82, 2.24) is 4.98 Å². The Kier molecular flexibility index (Phi) is 3.02. The zero-order chi connectivity index (χ0) is 9.14. The van der Waals surface area contributed by atoms with Crippen LogP contribution in [0.15, 0.2) is 12.1 Å². The molecule has 12 heavy (non-hydrogen) atoms. The van der Waals surface area contributed by atoms with Gasteiger partial charge >= 0.3 is 7.12 Å². The van der Waals surface area contributed by atoms with Gasteiger partial charge in [-0.25, -0.2) is 4.98 Å². The Morgan fingerprint density at radius 1 is 1.50 bits per heavy atom. The lowest BCUT2D eigenvalue weighted by Gasteiger charge is -2.00. The summed E-state index contributed by atoms with van der Waals surface area (Å²) in [5.41, 5.74) is 0.190. The maximum Gasteiger partial charge on any atom is 0.491 e. The van der Waals surface area contributed by atoms with Crippen LogP contribution in [0.2, 0.25) is 0 Å². The summed E-state index contributed by atoms with van der Waals surface area (Å²) in [5, 5.41) is 26.1. The normalized spacial score (nSPS) is 9.17. The molecule has 4 nitrogen and oxygen atoms in total. The van der Waals surface area contributed by atoms with Crippen molar-refractivity contribution in [2.75, 3.05) is 0 Å². The first kappa shape index (κ1) is 9.44. The van der Waals surface area contributed by atoms with Gasteiger partial charge in [0.15, 0.2) is 0 Å². The molecule has 0 aliphatic heterocycles. The topological polar surface area (TPSA) is 77.1 Å². The van der Waals surface area contributed by atoms with Crippen LogP contribution in [0, 0.1) is 15.0 Å². The lowest BCUT2D eigenvalue weighted by Crippen LogP contribution is -2.33. The summed E-state index contributed by atoms with van der Waals surface area (Å²) in [5.74, 6) is 0. The summed E-state index contributed by atoms with van der Waals surface area (Å²) >= 11 is 1.94. The van der Waals surface area contributed by atoms with Crippen LogP contribution in [-0.2, 0) is 0 Å². The number of nitriles is 1. The van der Waals surface area contributed by atoms with E-state index in [2.05, 4.69) is 4.98 Å². The number of nitrogens with zero attached hydrogens (tertiary/aromatic N) is 2. The highest BCUT2D eigenvalue weighted by molar-refractivity contribution is 14.1. The third-order valence-corrected chi connectivity index (χ3v) is 1.88. The van der Waals surface area contributed by atoms with E-state index in [1.54, 1.807) is 12.1 Å². The van der Waals surface area contributed by atoms with Gasteiger partial charge < -0.3 is 10.0 Å². The van der Waals surface area contributed by atoms with Crippen molar-refractivity contribution in [2.45, 2.75) is 0 Å². The number of aromatic nitrogens is 1. The average molecular weight is 274 g/mol.